The van der Waals surface area contributed by atoms with E-state index in [2.05, 4.69) is 26.5 Å². The van der Waals surface area contributed by atoms with Gasteiger partial charge in [0.05, 0.1) is 6.61 Å². The minimum absolute atomic E-state index is 0.112. The van der Waals surface area contributed by atoms with Gasteiger partial charge in [0.2, 0.25) is 0 Å². The summed E-state index contributed by atoms with van der Waals surface area (Å²) in [5, 5.41) is 0. The Balaban J connectivity index is 2.40. The maximum atomic E-state index is 11.2. The summed E-state index contributed by atoms with van der Waals surface area (Å²) in [4.78, 5) is 13.8. The second kappa shape index (κ2) is 6.60. The number of aryl methyl sites for hydroxylation is 2. The molecular formula is C14H20O2S. The number of hydrogen-bond acceptors (Lipinski definition) is 3. The highest BCUT2D eigenvalue weighted by atomic mass is 32.1. The van der Waals surface area contributed by atoms with Crippen molar-refractivity contribution in [3.63, 3.8) is 0 Å². The van der Waals surface area contributed by atoms with Crippen LogP contribution in [-0.4, -0.2) is 12.6 Å². The third-order valence-corrected chi connectivity index (χ3v) is 3.55. The van der Waals surface area contributed by atoms with Crippen molar-refractivity contribution in [3.05, 3.63) is 28.0 Å². The van der Waals surface area contributed by atoms with Crippen molar-refractivity contribution in [1.82, 2.24) is 0 Å². The van der Waals surface area contributed by atoms with Gasteiger partial charge in [0.1, 0.15) is 0 Å². The molecule has 0 aliphatic heterocycles. The molecule has 94 valence electrons. The molecule has 0 aliphatic carbocycles. The zero-order valence-electron chi connectivity index (χ0n) is 10.8. The van der Waals surface area contributed by atoms with Crippen LogP contribution in [0.1, 0.15) is 41.5 Å². The molecule has 1 rings (SSSR count). The van der Waals surface area contributed by atoms with Crippen LogP contribution in [0, 0.1) is 13.8 Å². The Kier molecular flexibility index (Phi) is 5.42. The number of carbonyl (C=O) groups is 1. The summed E-state index contributed by atoms with van der Waals surface area (Å²) < 4.78 is 4.89. The summed E-state index contributed by atoms with van der Waals surface area (Å²) in [6, 6.07) is 2.17. The first kappa shape index (κ1) is 14.0. The second-order valence-corrected chi connectivity index (χ2v) is 5.55. The Morgan fingerprint density at radius 2 is 2.12 bits per heavy atom. The molecule has 0 radical (unpaired) electrons. The smallest absolute Gasteiger partial charge is 0.305 e. The van der Waals surface area contributed by atoms with Crippen LogP contribution in [0.2, 0.25) is 0 Å². The first-order valence-electron chi connectivity index (χ1n) is 5.95. The van der Waals surface area contributed by atoms with Crippen molar-refractivity contribution in [2.24, 2.45) is 0 Å². The van der Waals surface area contributed by atoms with Gasteiger partial charge in [0.25, 0.3) is 0 Å². The van der Waals surface area contributed by atoms with Crippen molar-refractivity contribution in [1.29, 1.82) is 0 Å². The molecule has 3 heteroatoms. The van der Waals surface area contributed by atoms with Crippen LogP contribution in [0.15, 0.2) is 12.6 Å². The largest absolute Gasteiger partial charge is 0.466 e. The fraction of sp³-hybridized carbons (Fsp3) is 0.500. The molecule has 1 heterocycles. The summed E-state index contributed by atoms with van der Waals surface area (Å²) >= 11 is 1.79. The van der Waals surface area contributed by atoms with Gasteiger partial charge in [0, 0.05) is 16.2 Å². The van der Waals surface area contributed by atoms with Crippen molar-refractivity contribution < 1.29 is 9.53 Å². The molecule has 0 atom stereocenters. The van der Waals surface area contributed by atoms with E-state index < -0.39 is 0 Å². The van der Waals surface area contributed by atoms with Gasteiger partial charge in [-0.2, -0.15) is 0 Å². The zero-order valence-corrected chi connectivity index (χ0v) is 11.7. The van der Waals surface area contributed by atoms with Crippen LogP contribution in [0.5, 0.6) is 0 Å². The number of rotatable bonds is 6. The molecule has 17 heavy (non-hydrogen) atoms. The van der Waals surface area contributed by atoms with Gasteiger partial charge in [-0.3, -0.25) is 4.79 Å². The monoisotopic (exact) mass is 252 g/mol. The molecule has 0 spiro atoms. The predicted octanol–water partition coefficient (Wildman–Crippen LogP) is 4.11. The van der Waals surface area contributed by atoms with Gasteiger partial charge in [0.15, 0.2) is 0 Å². The van der Waals surface area contributed by atoms with Crippen molar-refractivity contribution in [2.75, 3.05) is 6.61 Å². The van der Waals surface area contributed by atoms with Crippen molar-refractivity contribution in [3.8, 4) is 0 Å². The Bertz CT molecular complexity index is 404. The SMILES string of the molecule is C=C(CCCC(=O)OCC)c1cc(C)sc1C. The van der Waals surface area contributed by atoms with E-state index in [0.717, 1.165) is 18.4 Å². The highest BCUT2D eigenvalue weighted by Gasteiger charge is 2.08. The number of ether oxygens (including phenoxy) is 1. The first-order valence-corrected chi connectivity index (χ1v) is 6.77. The fourth-order valence-corrected chi connectivity index (χ4v) is 2.77. The summed E-state index contributed by atoms with van der Waals surface area (Å²) in [5.41, 5.74) is 2.37. The predicted molar refractivity (Wildman–Crippen MR) is 73.3 cm³/mol. The Morgan fingerprint density at radius 1 is 1.41 bits per heavy atom. The van der Waals surface area contributed by atoms with Gasteiger partial charge in [-0.05, 0) is 50.8 Å². The van der Waals surface area contributed by atoms with Crippen LogP contribution in [-0.2, 0) is 9.53 Å². The van der Waals surface area contributed by atoms with E-state index >= 15 is 0 Å². The average molecular weight is 252 g/mol. The molecule has 0 saturated carbocycles. The number of thiophene rings is 1. The molecule has 2 nitrogen and oxygen atoms in total. The average Bonchev–Trinajstić information content (AvgIpc) is 2.58. The lowest BCUT2D eigenvalue weighted by molar-refractivity contribution is -0.143. The lowest BCUT2D eigenvalue weighted by Gasteiger charge is -2.05. The van der Waals surface area contributed by atoms with E-state index in [4.69, 9.17) is 4.74 Å². The third-order valence-electron chi connectivity index (χ3n) is 2.59. The van der Waals surface area contributed by atoms with E-state index in [1.165, 1.54) is 15.3 Å². The normalized spacial score (nSPS) is 10.3. The molecule has 0 saturated heterocycles. The van der Waals surface area contributed by atoms with Gasteiger partial charge < -0.3 is 4.74 Å². The molecule has 0 amide bonds. The van der Waals surface area contributed by atoms with Crippen LogP contribution >= 0.6 is 11.3 Å². The van der Waals surface area contributed by atoms with Crippen LogP contribution in [0.4, 0.5) is 0 Å². The molecule has 0 fully saturated rings. The highest BCUT2D eigenvalue weighted by molar-refractivity contribution is 7.12. The Labute approximate surface area is 107 Å². The van der Waals surface area contributed by atoms with E-state index in [0.29, 0.717) is 13.0 Å². The molecule has 1 aromatic rings. The summed E-state index contributed by atoms with van der Waals surface area (Å²) in [5.74, 6) is -0.112. The topological polar surface area (TPSA) is 26.3 Å². The zero-order chi connectivity index (χ0) is 12.8. The molecule has 1 aromatic heterocycles. The lowest BCUT2D eigenvalue weighted by atomic mass is 10.0. The maximum Gasteiger partial charge on any atom is 0.305 e. The Hall–Kier alpha value is -1.09. The summed E-state index contributed by atoms with van der Waals surface area (Å²) in [7, 11) is 0. The summed E-state index contributed by atoms with van der Waals surface area (Å²) in [6.07, 6.45) is 2.15. The van der Waals surface area contributed by atoms with Crippen LogP contribution < -0.4 is 0 Å². The fourth-order valence-electron chi connectivity index (χ4n) is 1.80. The number of allylic oxidation sites excluding steroid dienone is 1. The molecule has 0 N–H and O–H groups in total. The lowest BCUT2D eigenvalue weighted by Crippen LogP contribution is -2.03. The van der Waals surface area contributed by atoms with Gasteiger partial charge in [-0.1, -0.05) is 6.58 Å². The van der Waals surface area contributed by atoms with E-state index in [-0.39, 0.29) is 5.97 Å². The summed E-state index contributed by atoms with van der Waals surface area (Å²) in [6.45, 7) is 10.6. The number of hydrogen-bond donors (Lipinski definition) is 0. The van der Waals surface area contributed by atoms with E-state index in [1.807, 2.05) is 6.92 Å². The maximum absolute atomic E-state index is 11.2. The third kappa shape index (κ3) is 4.35. The first-order chi connectivity index (χ1) is 8.04. The minimum Gasteiger partial charge on any atom is -0.466 e. The number of esters is 1. The molecule has 0 aromatic carbocycles. The quantitative estimate of drug-likeness (QED) is 0.712. The van der Waals surface area contributed by atoms with Crippen molar-refractivity contribution >= 4 is 22.9 Å². The highest BCUT2D eigenvalue weighted by Crippen LogP contribution is 2.28. The molecule has 0 unspecified atom stereocenters. The standard InChI is InChI=1S/C14H20O2S/c1-5-16-14(15)8-6-7-10(2)13-9-11(3)17-12(13)4/h9H,2,5-8H2,1,3-4H3. The minimum atomic E-state index is -0.112. The van der Waals surface area contributed by atoms with E-state index in [1.54, 1.807) is 11.3 Å². The second-order valence-electron chi connectivity index (χ2n) is 4.09. The van der Waals surface area contributed by atoms with Gasteiger partial charge >= 0.3 is 5.97 Å². The molecule has 0 aliphatic rings. The van der Waals surface area contributed by atoms with Crippen LogP contribution in [0.3, 0.4) is 0 Å². The number of carbonyl (C=O) groups excluding carboxylic acids is 1. The molecular weight excluding hydrogens is 232 g/mol. The van der Waals surface area contributed by atoms with E-state index in [9.17, 15) is 4.79 Å². The van der Waals surface area contributed by atoms with Gasteiger partial charge in [-0.15, -0.1) is 11.3 Å². The van der Waals surface area contributed by atoms with Crippen molar-refractivity contribution in [2.45, 2.75) is 40.0 Å². The van der Waals surface area contributed by atoms with Crippen LogP contribution in [0.25, 0.3) is 5.57 Å². The molecule has 0 bridgehead atoms. The Morgan fingerprint density at radius 3 is 2.65 bits per heavy atom. The van der Waals surface area contributed by atoms with Gasteiger partial charge in [-0.25, -0.2) is 0 Å².